The summed E-state index contributed by atoms with van der Waals surface area (Å²) in [5, 5.41) is 2.76. The van der Waals surface area contributed by atoms with E-state index in [1.54, 1.807) is 37.3 Å². The highest BCUT2D eigenvalue weighted by Gasteiger charge is 2.15. The van der Waals surface area contributed by atoms with Crippen LogP contribution < -0.4 is 15.8 Å². The fourth-order valence-corrected chi connectivity index (χ4v) is 3.82. The number of anilines is 1. The lowest BCUT2D eigenvalue weighted by Crippen LogP contribution is -2.39. The van der Waals surface area contributed by atoms with Gasteiger partial charge in [0.2, 0.25) is 5.96 Å². The number of sulfonamides is 1. The van der Waals surface area contributed by atoms with Crippen LogP contribution in [0.25, 0.3) is 0 Å². The van der Waals surface area contributed by atoms with Crippen LogP contribution in [-0.4, -0.2) is 43.7 Å². The number of benzene rings is 1. The van der Waals surface area contributed by atoms with Crippen molar-refractivity contribution in [2.45, 2.75) is 17.6 Å². The van der Waals surface area contributed by atoms with Crippen LogP contribution in [0.5, 0.6) is 0 Å². The first kappa shape index (κ1) is 19.1. The molecule has 0 spiro atoms. The quantitative estimate of drug-likeness (QED) is 0.246. The smallest absolute Gasteiger partial charge is 0.264 e. The molecule has 0 bridgehead atoms. The predicted octanol–water partition coefficient (Wildman–Crippen LogP) is 1.09. The third kappa shape index (κ3) is 5.68. The van der Waals surface area contributed by atoms with Crippen LogP contribution in [-0.2, 0) is 15.8 Å². The molecule has 136 valence electrons. The minimum Gasteiger partial charge on any atom is -0.399 e. The van der Waals surface area contributed by atoms with Gasteiger partial charge in [0.15, 0.2) is 0 Å². The second kappa shape index (κ2) is 8.77. The lowest BCUT2D eigenvalue weighted by molar-refractivity contribution is 0.591. The molecule has 0 unspecified atom stereocenters. The number of guanidine groups is 1. The number of imidazole rings is 1. The second-order valence-electron chi connectivity index (χ2n) is 5.17. The number of aryl methyl sites for hydroxylation is 1. The Morgan fingerprint density at radius 3 is 2.68 bits per heavy atom. The van der Waals surface area contributed by atoms with Gasteiger partial charge in [0.1, 0.15) is 0 Å². The average Bonchev–Trinajstić information content (AvgIpc) is 2.99. The zero-order valence-corrected chi connectivity index (χ0v) is 15.7. The molecule has 0 atom stereocenters. The van der Waals surface area contributed by atoms with Crippen molar-refractivity contribution in [2.75, 3.05) is 25.1 Å². The number of hydrogen-bond donors (Lipinski definition) is 4. The molecule has 2 rings (SSSR count). The maximum Gasteiger partial charge on any atom is 0.264 e. The molecule has 0 saturated heterocycles. The highest BCUT2D eigenvalue weighted by Crippen LogP contribution is 2.13. The molecule has 25 heavy (non-hydrogen) atoms. The van der Waals surface area contributed by atoms with Crippen LogP contribution >= 0.6 is 11.8 Å². The summed E-state index contributed by atoms with van der Waals surface area (Å²) in [7, 11) is -2.07. The molecule has 0 aliphatic rings. The number of aliphatic imine (C=N–C) groups is 1. The van der Waals surface area contributed by atoms with Gasteiger partial charge in [-0.15, -0.1) is 0 Å². The summed E-state index contributed by atoms with van der Waals surface area (Å²) in [4.78, 5) is 11.6. The highest BCUT2D eigenvalue weighted by atomic mass is 32.2. The second-order valence-corrected chi connectivity index (χ2v) is 7.96. The molecule has 2 aromatic rings. The Morgan fingerprint density at radius 2 is 2.08 bits per heavy atom. The van der Waals surface area contributed by atoms with Crippen LogP contribution in [0.2, 0.25) is 0 Å². The van der Waals surface area contributed by atoms with Gasteiger partial charge in [-0.3, -0.25) is 4.99 Å². The number of hydrogen-bond acceptors (Lipinski definition) is 6. The van der Waals surface area contributed by atoms with E-state index in [1.165, 1.54) is 12.1 Å². The number of nitrogen functional groups attached to an aromatic ring is 1. The van der Waals surface area contributed by atoms with Crippen molar-refractivity contribution in [3.05, 3.63) is 42.0 Å². The number of nitrogens with zero attached hydrogens (tertiary/aromatic N) is 2. The van der Waals surface area contributed by atoms with Gasteiger partial charge in [0.25, 0.3) is 10.0 Å². The first-order valence-corrected chi connectivity index (χ1v) is 10.2. The standard InChI is InChI=1S/C15H22N6O2S2/c1-11-14(20-10-19-11)9-24-8-7-18-15(17-2)21-25(22,23)13-5-3-12(16)4-6-13/h3-6,10H,7-9,16H2,1-2H3,(H,19,20)(H2,17,18,21). The van der Waals surface area contributed by atoms with Crippen LogP contribution in [0.15, 0.2) is 40.5 Å². The Morgan fingerprint density at radius 1 is 1.36 bits per heavy atom. The van der Waals surface area contributed by atoms with Crippen molar-refractivity contribution in [1.82, 2.24) is 20.0 Å². The molecule has 0 radical (unpaired) electrons. The van der Waals surface area contributed by atoms with Gasteiger partial charge < -0.3 is 16.0 Å². The third-order valence-corrected chi connectivity index (χ3v) is 5.66. The maximum atomic E-state index is 12.3. The maximum absolute atomic E-state index is 12.3. The number of aromatic amines is 1. The van der Waals surface area contributed by atoms with Crippen molar-refractivity contribution in [1.29, 1.82) is 0 Å². The zero-order chi connectivity index (χ0) is 18.3. The highest BCUT2D eigenvalue weighted by molar-refractivity contribution is 7.98. The molecule has 0 fully saturated rings. The van der Waals surface area contributed by atoms with Crippen molar-refractivity contribution < 1.29 is 8.42 Å². The molecule has 0 saturated carbocycles. The number of aromatic nitrogens is 2. The monoisotopic (exact) mass is 382 g/mol. The Hall–Kier alpha value is -2.20. The van der Waals surface area contributed by atoms with Gasteiger partial charge in [0, 0.05) is 29.9 Å². The van der Waals surface area contributed by atoms with E-state index in [4.69, 9.17) is 5.73 Å². The molecule has 0 aliphatic heterocycles. The normalized spacial score (nSPS) is 12.2. The summed E-state index contributed by atoms with van der Waals surface area (Å²) in [6, 6.07) is 5.98. The van der Waals surface area contributed by atoms with E-state index in [0.717, 1.165) is 22.9 Å². The van der Waals surface area contributed by atoms with Gasteiger partial charge in [0.05, 0.1) is 23.5 Å². The van der Waals surface area contributed by atoms with E-state index in [0.29, 0.717) is 12.2 Å². The number of rotatable bonds is 7. The summed E-state index contributed by atoms with van der Waals surface area (Å²) in [5.41, 5.74) is 8.16. The Kier molecular flexibility index (Phi) is 6.71. The molecule has 0 amide bonds. The largest absolute Gasteiger partial charge is 0.399 e. The Balaban J connectivity index is 1.87. The van der Waals surface area contributed by atoms with Gasteiger partial charge in [-0.05, 0) is 31.2 Å². The molecule has 1 heterocycles. The van der Waals surface area contributed by atoms with E-state index >= 15 is 0 Å². The van der Waals surface area contributed by atoms with Gasteiger partial charge in [-0.25, -0.2) is 18.1 Å². The third-order valence-electron chi connectivity index (χ3n) is 3.34. The van der Waals surface area contributed by atoms with Crippen molar-refractivity contribution in [3.63, 3.8) is 0 Å². The minimum atomic E-state index is -3.69. The summed E-state index contributed by atoms with van der Waals surface area (Å²) < 4.78 is 27.0. The minimum absolute atomic E-state index is 0.133. The van der Waals surface area contributed by atoms with E-state index < -0.39 is 10.0 Å². The molecular formula is C15H22N6O2S2. The topological polar surface area (TPSA) is 125 Å². The van der Waals surface area contributed by atoms with Gasteiger partial charge >= 0.3 is 0 Å². The van der Waals surface area contributed by atoms with Crippen LogP contribution in [0.4, 0.5) is 5.69 Å². The van der Waals surface area contributed by atoms with Crippen LogP contribution in [0.1, 0.15) is 11.4 Å². The number of nitrogens with one attached hydrogen (secondary N) is 3. The van der Waals surface area contributed by atoms with E-state index in [9.17, 15) is 8.42 Å². The number of thioether (sulfide) groups is 1. The van der Waals surface area contributed by atoms with Crippen LogP contribution in [0.3, 0.4) is 0 Å². The molecular weight excluding hydrogens is 360 g/mol. The molecule has 1 aromatic carbocycles. The predicted molar refractivity (Wildman–Crippen MR) is 102 cm³/mol. The Labute approximate surface area is 151 Å². The SMILES string of the molecule is CN/C(=N\CCSCc1[nH]cnc1C)NS(=O)(=O)c1ccc(N)cc1. The van der Waals surface area contributed by atoms with Crippen molar-refractivity contribution in [2.24, 2.45) is 4.99 Å². The van der Waals surface area contributed by atoms with E-state index in [-0.39, 0.29) is 10.9 Å². The molecule has 8 nitrogen and oxygen atoms in total. The van der Waals surface area contributed by atoms with Crippen LogP contribution in [0, 0.1) is 6.92 Å². The van der Waals surface area contributed by atoms with E-state index in [2.05, 4.69) is 25.0 Å². The lowest BCUT2D eigenvalue weighted by Gasteiger charge is -2.10. The van der Waals surface area contributed by atoms with E-state index in [1.807, 2.05) is 6.92 Å². The summed E-state index contributed by atoms with van der Waals surface area (Å²) in [6.45, 7) is 2.44. The summed E-state index contributed by atoms with van der Waals surface area (Å²) in [6.07, 6.45) is 1.68. The fraction of sp³-hybridized carbons (Fsp3) is 0.333. The summed E-state index contributed by atoms with van der Waals surface area (Å²) in [5.74, 6) is 1.77. The lowest BCUT2D eigenvalue weighted by atomic mass is 10.3. The van der Waals surface area contributed by atoms with Gasteiger partial charge in [-0.1, -0.05) is 0 Å². The first-order valence-electron chi connectivity index (χ1n) is 7.59. The summed E-state index contributed by atoms with van der Waals surface area (Å²) >= 11 is 1.70. The van der Waals surface area contributed by atoms with Gasteiger partial charge in [-0.2, -0.15) is 11.8 Å². The Bertz CT molecular complexity index is 815. The van der Waals surface area contributed by atoms with Crippen molar-refractivity contribution >= 4 is 33.4 Å². The van der Waals surface area contributed by atoms with Crippen molar-refractivity contribution in [3.8, 4) is 0 Å². The molecule has 10 heteroatoms. The number of H-pyrrole nitrogens is 1. The molecule has 0 aliphatic carbocycles. The average molecular weight is 383 g/mol. The molecule has 1 aromatic heterocycles. The zero-order valence-electron chi connectivity index (χ0n) is 14.1. The first-order chi connectivity index (χ1) is 11.9. The molecule has 5 N–H and O–H groups in total. The fourth-order valence-electron chi connectivity index (χ4n) is 1.93. The number of nitrogens with two attached hydrogens (primary N) is 1.